The second-order valence-corrected chi connectivity index (χ2v) is 8.01. The molecule has 10 heteroatoms. The summed E-state index contributed by atoms with van der Waals surface area (Å²) in [6, 6.07) is 7.46. The van der Waals surface area contributed by atoms with Crippen LogP contribution in [0.15, 0.2) is 41.3 Å². The molecule has 0 fully saturated rings. The van der Waals surface area contributed by atoms with Crippen LogP contribution in [0.5, 0.6) is 11.5 Å². The minimum absolute atomic E-state index is 0.0267. The van der Waals surface area contributed by atoms with E-state index in [-0.39, 0.29) is 22.6 Å². The van der Waals surface area contributed by atoms with Gasteiger partial charge in [0.25, 0.3) is 10.0 Å². The normalized spacial score (nSPS) is 16.1. The van der Waals surface area contributed by atoms with Crippen LogP contribution < -0.4 is 14.4 Å². The molecule has 0 aromatic heterocycles. The van der Waals surface area contributed by atoms with Crippen molar-refractivity contribution >= 4 is 33.3 Å². The number of carboxylic acids is 1. The van der Waals surface area contributed by atoms with Gasteiger partial charge >= 0.3 is 5.97 Å². The lowest BCUT2D eigenvalue weighted by atomic mass is 10.2. The summed E-state index contributed by atoms with van der Waals surface area (Å²) < 4.78 is 33.4. The second kappa shape index (κ2) is 7.04. The Morgan fingerprint density at radius 3 is 2.57 bits per heavy atom. The van der Waals surface area contributed by atoms with Gasteiger partial charge in [0, 0.05) is 12.6 Å². The van der Waals surface area contributed by atoms with Crippen LogP contribution in [-0.4, -0.2) is 43.2 Å². The maximum Gasteiger partial charge on any atom is 0.339 e. The van der Waals surface area contributed by atoms with E-state index < -0.39 is 27.3 Å². The number of benzene rings is 2. The second-order valence-electron chi connectivity index (χ2n) is 6.33. The van der Waals surface area contributed by atoms with Gasteiger partial charge in [0.2, 0.25) is 5.91 Å². The minimum atomic E-state index is -4.08. The number of fused-ring (bicyclic) bond motifs is 1. The van der Waals surface area contributed by atoms with Gasteiger partial charge in [-0.2, -0.15) is 0 Å². The highest BCUT2D eigenvalue weighted by Gasteiger charge is 2.28. The number of carboxylic acid groups (broad SMARTS) is 1. The first-order chi connectivity index (χ1) is 13.1. The number of carbonyl (C=O) groups excluding carboxylic acids is 1. The van der Waals surface area contributed by atoms with E-state index >= 15 is 0 Å². The fourth-order valence-electron chi connectivity index (χ4n) is 2.87. The number of amides is 1. The van der Waals surface area contributed by atoms with Crippen LogP contribution in [0.2, 0.25) is 0 Å². The molecule has 3 rings (SSSR count). The number of ether oxygens (including phenoxy) is 1. The molecule has 3 N–H and O–H groups in total. The van der Waals surface area contributed by atoms with E-state index in [1.807, 2.05) is 0 Å². The first-order valence-electron chi connectivity index (χ1n) is 8.26. The summed E-state index contributed by atoms with van der Waals surface area (Å²) in [5.74, 6) is -1.72. The lowest BCUT2D eigenvalue weighted by Crippen LogP contribution is -2.41. The van der Waals surface area contributed by atoms with E-state index in [1.165, 1.54) is 36.1 Å². The zero-order valence-corrected chi connectivity index (χ0v) is 15.9. The van der Waals surface area contributed by atoms with E-state index in [9.17, 15) is 23.1 Å². The van der Waals surface area contributed by atoms with Gasteiger partial charge in [-0.05, 0) is 43.3 Å². The van der Waals surface area contributed by atoms with Crippen molar-refractivity contribution in [1.82, 2.24) is 0 Å². The number of phenols is 1. The van der Waals surface area contributed by atoms with Crippen LogP contribution in [0.1, 0.15) is 24.2 Å². The van der Waals surface area contributed by atoms with E-state index in [0.717, 1.165) is 12.1 Å². The topological polar surface area (TPSA) is 133 Å². The molecule has 1 heterocycles. The number of anilines is 2. The summed E-state index contributed by atoms with van der Waals surface area (Å²) >= 11 is 0. The van der Waals surface area contributed by atoms with Gasteiger partial charge in [0.1, 0.15) is 23.2 Å². The van der Waals surface area contributed by atoms with E-state index in [0.29, 0.717) is 18.0 Å². The predicted molar refractivity (Wildman–Crippen MR) is 100 cm³/mol. The lowest BCUT2D eigenvalue weighted by Gasteiger charge is -2.33. The van der Waals surface area contributed by atoms with E-state index in [4.69, 9.17) is 9.84 Å². The van der Waals surface area contributed by atoms with Crippen LogP contribution in [0.25, 0.3) is 0 Å². The summed E-state index contributed by atoms with van der Waals surface area (Å²) in [5.41, 5.74) is -0.123. The number of carbonyl (C=O) groups is 2. The number of rotatable bonds is 4. The van der Waals surface area contributed by atoms with E-state index in [2.05, 4.69) is 4.72 Å². The number of hydrogen-bond donors (Lipinski definition) is 3. The summed E-state index contributed by atoms with van der Waals surface area (Å²) in [4.78, 5) is 24.3. The zero-order valence-electron chi connectivity index (χ0n) is 15.0. The van der Waals surface area contributed by atoms with Gasteiger partial charge < -0.3 is 19.8 Å². The molecule has 1 unspecified atom stereocenters. The first-order valence-corrected chi connectivity index (χ1v) is 9.75. The molecule has 2 aromatic rings. The maximum atomic E-state index is 12.7. The highest BCUT2D eigenvalue weighted by Crippen LogP contribution is 2.36. The van der Waals surface area contributed by atoms with Gasteiger partial charge in [0.05, 0.1) is 17.1 Å². The zero-order chi connectivity index (χ0) is 20.6. The van der Waals surface area contributed by atoms with Gasteiger partial charge in [-0.3, -0.25) is 9.52 Å². The molecule has 0 radical (unpaired) electrons. The summed E-state index contributed by atoms with van der Waals surface area (Å²) in [6.07, 6.45) is -0.233. The summed E-state index contributed by atoms with van der Waals surface area (Å²) in [5, 5.41) is 18.6. The highest BCUT2D eigenvalue weighted by atomic mass is 32.2. The van der Waals surface area contributed by atoms with Crippen LogP contribution >= 0.6 is 0 Å². The van der Waals surface area contributed by atoms with Crippen molar-refractivity contribution in [3.05, 3.63) is 42.0 Å². The molecule has 1 amide bonds. The van der Waals surface area contributed by atoms with Crippen LogP contribution in [0.4, 0.5) is 11.4 Å². The maximum absolute atomic E-state index is 12.7. The van der Waals surface area contributed by atoms with Gasteiger partial charge in [-0.15, -0.1) is 0 Å². The fraction of sp³-hybridized carbons (Fsp3) is 0.222. The van der Waals surface area contributed by atoms with Crippen molar-refractivity contribution in [1.29, 1.82) is 0 Å². The molecule has 0 saturated carbocycles. The lowest BCUT2D eigenvalue weighted by molar-refractivity contribution is -0.117. The molecule has 0 saturated heterocycles. The predicted octanol–water partition coefficient (Wildman–Crippen LogP) is 2.02. The smallest absolute Gasteiger partial charge is 0.339 e. The molecule has 0 aliphatic carbocycles. The van der Waals surface area contributed by atoms with Crippen molar-refractivity contribution in [2.24, 2.45) is 0 Å². The average molecular weight is 406 g/mol. The van der Waals surface area contributed by atoms with Crippen molar-refractivity contribution in [3.63, 3.8) is 0 Å². The first kappa shape index (κ1) is 19.5. The summed E-state index contributed by atoms with van der Waals surface area (Å²) in [6.45, 7) is 3.47. The molecule has 1 atom stereocenters. The summed E-state index contributed by atoms with van der Waals surface area (Å²) in [7, 11) is -4.08. The standard InChI is InChI=1S/C18H18N2O7S/c1-10-9-20(11(2)21)15-8-13(4-6-17(15)27-10)28(25,26)19-12-3-5-16(22)14(7-12)18(23)24/h3-8,10,19,22H,9H2,1-2H3,(H,23,24). The quantitative estimate of drug-likeness (QED) is 0.662. The third-order valence-electron chi connectivity index (χ3n) is 4.16. The molecule has 28 heavy (non-hydrogen) atoms. The minimum Gasteiger partial charge on any atom is -0.507 e. The Kier molecular flexibility index (Phi) is 4.90. The largest absolute Gasteiger partial charge is 0.507 e. The molecule has 1 aliphatic heterocycles. The number of aromatic hydroxyl groups is 1. The average Bonchev–Trinajstić information content (AvgIpc) is 2.61. The molecule has 0 spiro atoms. The van der Waals surface area contributed by atoms with Crippen molar-refractivity contribution in [3.8, 4) is 11.5 Å². The number of nitrogens with one attached hydrogen (secondary N) is 1. The highest BCUT2D eigenvalue weighted by molar-refractivity contribution is 7.92. The van der Waals surface area contributed by atoms with Crippen molar-refractivity contribution < 1.29 is 33.0 Å². The Morgan fingerprint density at radius 1 is 1.21 bits per heavy atom. The van der Waals surface area contributed by atoms with Gasteiger partial charge in [-0.25, -0.2) is 13.2 Å². The van der Waals surface area contributed by atoms with Crippen LogP contribution in [-0.2, 0) is 14.8 Å². The van der Waals surface area contributed by atoms with Gasteiger partial charge in [0.15, 0.2) is 0 Å². The molecular formula is C18H18N2O7S. The number of nitrogens with zero attached hydrogens (tertiary/aromatic N) is 1. The molecule has 2 aromatic carbocycles. The van der Waals surface area contributed by atoms with Crippen molar-refractivity contribution in [2.45, 2.75) is 24.8 Å². The Morgan fingerprint density at radius 2 is 1.93 bits per heavy atom. The van der Waals surface area contributed by atoms with Gasteiger partial charge in [-0.1, -0.05) is 0 Å². The molecule has 1 aliphatic rings. The molecule has 0 bridgehead atoms. The SMILES string of the molecule is CC(=O)N1CC(C)Oc2ccc(S(=O)(=O)Nc3ccc(O)c(C(=O)O)c3)cc21. The third kappa shape index (κ3) is 3.72. The fourth-order valence-corrected chi connectivity index (χ4v) is 3.94. The van der Waals surface area contributed by atoms with Crippen LogP contribution in [0, 0.1) is 0 Å². The Balaban J connectivity index is 1.97. The monoisotopic (exact) mass is 406 g/mol. The number of aromatic carboxylic acids is 1. The van der Waals surface area contributed by atoms with Crippen molar-refractivity contribution in [2.75, 3.05) is 16.2 Å². The number of sulfonamides is 1. The molecular weight excluding hydrogens is 388 g/mol. The Bertz CT molecular complexity index is 1070. The molecule has 148 valence electrons. The van der Waals surface area contributed by atoms with E-state index in [1.54, 1.807) is 6.92 Å². The Labute approximate surface area is 161 Å². The van der Waals surface area contributed by atoms with Crippen LogP contribution in [0.3, 0.4) is 0 Å². The number of hydrogen-bond acceptors (Lipinski definition) is 6. The molecule has 9 nitrogen and oxygen atoms in total. The Hall–Kier alpha value is -3.27. The third-order valence-corrected chi connectivity index (χ3v) is 5.54.